The quantitative estimate of drug-likeness (QED) is 0.259. The maximum atomic E-state index is 10.4. The van der Waals surface area contributed by atoms with Crippen LogP contribution in [0.1, 0.15) is 10.4 Å². The van der Waals surface area contributed by atoms with Gasteiger partial charge >= 0.3 is 10.4 Å². The molecule has 1 saturated heterocycles. The molecule has 0 bridgehead atoms. The molecule has 1 aromatic rings. The summed E-state index contributed by atoms with van der Waals surface area (Å²) in [7, 11) is -4.67. The molecule has 0 aromatic carbocycles. The van der Waals surface area contributed by atoms with Gasteiger partial charge in [0.1, 0.15) is 18.3 Å². The van der Waals surface area contributed by atoms with Crippen molar-refractivity contribution in [1.29, 1.82) is 0 Å². The molecule has 4 atom stereocenters. The fourth-order valence-electron chi connectivity index (χ4n) is 1.39. The van der Waals surface area contributed by atoms with E-state index in [0.29, 0.717) is 5.56 Å². The van der Waals surface area contributed by atoms with Gasteiger partial charge in [0.15, 0.2) is 6.29 Å². The third-order valence-electron chi connectivity index (χ3n) is 2.46. The van der Waals surface area contributed by atoms with E-state index in [1.54, 1.807) is 18.3 Å². The number of pyridine rings is 1. The van der Waals surface area contributed by atoms with Crippen LogP contribution in [0.25, 0.3) is 0 Å². The second-order valence-corrected chi connectivity index (χ2v) is 5.18. The van der Waals surface area contributed by atoms with Crippen LogP contribution < -0.4 is 5.73 Å². The Morgan fingerprint density at radius 1 is 1.25 bits per heavy atom. The lowest BCUT2D eigenvalue weighted by Gasteiger charge is -2.09. The highest BCUT2D eigenvalue weighted by atomic mass is 32.3. The van der Waals surface area contributed by atoms with Gasteiger partial charge in [-0.3, -0.25) is 18.9 Å². The maximum Gasteiger partial charge on any atom is 0.394 e. The molecule has 2 heterocycles. The van der Waals surface area contributed by atoms with Crippen molar-refractivity contribution in [2.45, 2.75) is 24.6 Å². The van der Waals surface area contributed by atoms with E-state index >= 15 is 0 Å². The fraction of sp³-hybridized carbons (Fsp3) is 0.455. The second kappa shape index (κ2) is 10.2. The number of nitrogens with two attached hydrogens (primary N) is 1. The first kappa shape index (κ1) is 22.3. The Bertz CT molecular complexity index is 588. The van der Waals surface area contributed by atoms with Crippen LogP contribution in [0.4, 0.5) is 0 Å². The number of carbonyl (C=O) groups excluding carboxylic acids is 1. The molecule has 1 amide bonds. The normalized spacial score (nSPS) is 25.8. The molecule has 24 heavy (non-hydrogen) atoms. The molecule has 138 valence electrons. The molecule has 13 heteroatoms. The number of ether oxygens (including phenoxy) is 1. The Labute approximate surface area is 136 Å². The molecule has 0 saturated carbocycles. The van der Waals surface area contributed by atoms with E-state index < -0.39 is 47.5 Å². The Morgan fingerprint density at radius 2 is 1.79 bits per heavy atom. The number of aliphatic hydroxyl groups is 4. The largest absolute Gasteiger partial charge is 0.394 e. The highest BCUT2D eigenvalue weighted by Crippen LogP contribution is 2.18. The number of rotatable bonds is 2. The number of aromatic nitrogens is 1. The number of nitrogens with zero attached hydrogens (tertiary/aromatic N) is 1. The maximum absolute atomic E-state index is 10.4. The van der Waals surface area contributed by atoms with Crippen molar-refractivity contribution in [3.63, 3.8) is 0 Å². The van der Waals surface area contributed by atoms with E-state index in [2.05, 4.69) is 9.72 Å². The van der Waals surface area contributed by atoms with Crippen LogP contribution in [-0.4, -0.2) is 80.0 Å². The van der Waals surface area contributed by atoms with Crippen molar-refractivity contribution in [3.05, 3.63) is 30.1 Å². The standard InChI is InChI=1S/C6H6N2O.C5H10O5.H2O4S/c7-6(9)5-2-1-3-8-4-5;6-1-2-3(7)4(8)5(9)10-2;1-5(2,3)4/h1-4H,(H2,7,9);2-9H,1H2;(H2,1,2,3,4)/t;2-,3-,4-,5-;/m.1./s1. The van der Waals surface area contributed by atoms with Crippen LogP contribution in [0, 0.1) is 0 Å². The van der Waals surface area contributed by atoms with E-state index in [-0.39, 0.29) is 0 Å². The molecule has 1 aromatic heterocycles. The van der Waals surface area contributed by atoms with Gasteiger partial charge in [0, 0.05) is 12.4 Å². The van der Waals surface area contributed by atoms with Crippen molar-refractivity contribution in [2.75, 3.05) is 6.61 Å². The Kier molecular flexibility index (Phi) is 9.49. The molecular weight excluding hydrogens is 352 g/mol. The third kappa shape index (κ3) is 9.43. The van der Waals surface area contributed by atoms with E-state index in [1.807, 2.05) is 0 Å². The molecular formula is C11H18N2O10S. The summed E-state index contributed by atoms with van der Waals surface area (Å²) < 4.78 is 36.1. The van der Waals surface area contributed by atoms with Crippen molar-refractivity contribution < 1.29 is 47.5 Å². The van der Waals surface area contributed by atoms with Crippen LogP contribution >= 0.6 is 0 Å². The summed E-state index contributed by atoms with van der Waals surface area (Å²) in [4.78, 5) is 14.1. The number of hydrogen-bond acceptors (Lipinski definition) is 9. The van der Waals surface area contributed by atoms with Crippen LogP contribution in [-0.2, 0) is 15.1 Å². The average Bonchev–Trinajstić information content (AvgIpc) is 2.74. The van der Waals surface area contributed by atoms with Crippen molar-refractivity contribution in [3.8, 4) is 0 Å². The van der Waals surface area contributed by atoms with Gasteiger partial charge in [0.2, 0.25) is 5.91 Å². The fourth-order valence-corrected chi connectivity index (χ4v) is 1.39. The van der Waals surface area contributed by atoms with Gasteiger partial charge in [-0.25, -0.2) is 0 Å². The number of aliphatic hydroxyl groups excluding tert-OH is 4. The molecule has 0 radical (unpaired) electrons. The minimum Gasteiger partial charge on any atom is -0.394 e. The van der Waals surface area contributed by atoms with Crippen molar-refractivity contribution in [1.82, 2.24) is 4.98 Å². The number of primary amides is 1. The summed E-state index contributed by atoms with van der Waals surface area (Å²) in [5.74, 6) is -0.442. The summed E-state index contributed by atoms with van der Waals surface area (Å²) in [5.41, 5.74) is 5.38. The van der Waals surface area contributed by atoms with Gasteiger partial charge in [-0.1, -0.05) is 0 Å². The molecule has 12 nitrogen and oxygen atoms in total. The molecule has 0 unspecified atom stereocenters. The molecule has 0 aliphatic carbocycles. The second-order valence-electron chi connectivity index (χ2n) is 4.28. The smallest absolute Gasteiger partial charge is 0.394 e. The van der Waals surface area contributed by atoms with E-state index in [4.69, 9.17) is 43.7 Å². The molecule has 2 rings (SSSR count). The predicted octanol–water partition coefficient (Wildman–Crippen LogP) is -3.05. The Hall–Kier alpha value is -1.71. The highest BCUT2D eigenvalue weighted by molar-refractivity contribution is 7.79. The van der Waals surface area contributed by atoms with Gasteiger partial charge in [-0.2, -0.15) is 8.42 Å². The van der Waals surface area contributed by atoms with E-state index in [1.165, 1.54) is 6.20 Å². The van der Waals surface area contributed by atoms with Gasteiger partial charge < -0.3 is 30.9 Å². The Morgan fingerprint density at radius 3 is 2.00 bits per heavy atom. The van der Waals surface area contributed by atoms with Crippen LogP contribution in [0.5, 0.6) is 0 Å². The molecule has 0 spiro atoms. The summed E-state index contributed by atoms with van der Waals surface area (Å²) >= 11 is 0. The first-order valence-corrected chi connectivity index (χ1v) is 7.57. The van der Waals surface area contributed by atoms with Gasteiger partial charge in [0.25, 0.3) is 0 Å². The lowest BCUT2D eigenvalue weighted by molar-refractivity contribution is -0.132. The number of hydrogen-bond donors (Lipinski definition) is 7. The lowest BCUT2D eigenvalue weighted by Crippen LogP contribution is -2.33. The first-order valence-electron chi connectivity index (χ1n) is 6.17. The number of amides is 1. The SMILES string of the molecule is NC(=O)c1cccnc1.O=S(=O)(O)O.OC[C@H]1O[C@@H](O)[C@H](O)[C@@H]1O. The van der Waals surface area contributed by atoms with Crippen LogP contribution in [0.2, 0.25) is 0 Å². The van der Waals surface area contributed by atoms with Gasteiger partial charge in [-0.05, 0) is 12.1 Å². The average molecular weight is 370 g/mol. The van der Waals surface area contributed by atoms with Crippen LogP contribution in [0.15, 0.2) is 24.5 Å². The lowest BCUT2D eigenvalue weighted by atomic mass is 10.1. The van der Waals surface area contributed by atoms with Gasteiger partial charge in [-0.15, -0.1) is 0 Å². The minimum absolute atomic E-state index is 0.407. The minimum atomic E-state index is -4.67. The zero-order valence-corrected chi connectivity index (χ0v) is 12.9. The van der Waals surface area contributed by atoms with E-state index in [0.717, 1.165) is 0 Å². The zero-order valence-electron chi connectivity index (χ0n) is 12.1. The molecule has 1 aliphatic rings. The van der Waals surface area contributed by atoms with Crippen molar-refractivity contribution >= 4 is 16.3 Å². The number of carbonyl (C=O) groups is 1. The summed E-state index contributed by atoms with van der Waals surface area (Å²) in [6.45, 7) is -0.407. The monoisotopic (exact) mass is 370 g/mol. The third-order valence-corrected chi connectivity index (χ3v) is 2.46. The highest BCUT2D eigenvalue weighted by Gasteiger charge is 2.41. The molecule has 1 fully saturated rings. The topological polar surface area (TPSA) is 221 Å². The molecule has 8 N–H and O–H groups in total. The first-order chi connectivity index (χ1) is 11.0. The summed E-state index contributed by atoms with van der Waals surface area (Å²) in [6.07, 6.45) is -1.73. The van der Waals surface area contributed by atoms with Crippen molar-refractivity contribution in [2.24, 2.45) is 5.73 Å². The summed E-state index contributed by atoms with van der Waals surface area (Å²) in [5, 5.41) is 35.0. The van der Waals surface area contributed by atoms with E-state index in [9.17, 15) is 4.79 Å². The summed E-state index contributed by atoms with van der Waals surface area (Å²) in [6, 6.07) is 3.29. The Balaban J connectivity index is 0.000000351. The zero-order chi connectivity index (χ0) is 18.9. The van der Waals surface area contributed by atoms with Gasteiger partial charge in [0.05, 0.1) is 12.2 Å². The molecule has 1 aliphatic heterocycles. The predicted molar refractivity (Wildman–Crippen MR) is 76.9 cm³/mol. The van der Waals surface area contributed by atoms with Crippen LogP contribution in [0.3, 0.4) is 0 Å².